The standard InChI is InChI=1S/C29H41FN4O2/c1-29(2)28(36)34(17-18-12-14-33(16-18)27(35)19-8-9-19)26(32-29)23-11-10-20(15-24(23)30)21-5-3-7-25-22(21)6-4-13-31-25/h4,6,13,18-25H,3,5,7-12,14-17H2,1-2H3. The monoisotopic (exact) mass is 496 g/mol. The second kappa shape index (κ2) is 9.36. The molecule has 7 unspecified atom stereocenters. The third-order valence-electron chi connectivity index (χ3n) is 9.83. The van der Waals surface area contributed by atoms with Crippen LogP contribution in [-0.2, 0) is 9.59 Å². The van der Waals surface area contributed by atoms with E-state index in [4.69, 9.17) is 9.98 Å². The van der Waals surface area contributed by atoms with Crippen LogP contribution in [0.3, 0.4) is 0 Å². The molecule has 6 aliphatic rings. The molecule has 0 N–H and O–H groups in total. The zero-order chi connectivity index (χ0) is 25.0. The Morgan fingerprint density at radius 3 is 2.75 bits per heavy atom. The van der Waals surface area contributed by atoms with E-state index in [0.29, 0.717) is 49.1 Å². The highest BCUT2D eigenvalue weighted by Gasteiger charge is 2.49. The molecule has 3 saturated carbocycles. The molecule has 0 spiro atoms. The van der Waals surface area contributed by atoms with Crippen molar-refractivity contribution in [3.63, 3.8) is 0 Å². The number of fused-ring (bicyclic) bond motifs is 1. The Balaban J connectivity index is 1.13. The minimum absolute atomic E-state index is 0.0147. The quantitative estimate of drug-likeness (QED) is 0.565. The van der Waals surface area contributed by atoms with Gasteiger partial charge in [0, 0.05) is 43.6 Å². The molecule has 0 aromatic heterocycles. The average molecular weight is 497 g/mol. The topological polar surface area (TPSA) is 65.3 Å². The second-order valence-corrected chi connectivity index (χ2v) is 12.8. The minimum Gasteiger partial charge on any atom is -0.342 e. The summed E-state index contributed by atoms with van der Waals surface area (Å²) < 4.78 is 15.9. The number of hydrogen-bond acceptors (Lipinski definition) is 4. The Bertz CT molecular complexity index is 986. The number of carbonyl (C=O) groups excluding carboxylic acids is 2. The summed E-state index contributed by atoms with van der Waals surface area (Å²) >= 11 is 0. The average Bonchev–Trinajstić information content (AvgIpc) is 3.58. The molecule has 4 fully saturated rings. The molecule has 2 amide bonds. The van der Waals surface area contributed by atoms with Crippen molar-refractivity contribution >= 4 is 23.9 Å². The van der Waals surface area contributed by atoms with Crippen LogP contribution in [0.25, 0.3) is 0 Å². The number of likely N-dealkylation sites (tertiary alicyclic amines) is 1. The van der Waals surface area contributed by atoms with Crippen LogP contribution in [0.2, 0.25) is 0 Å². The van der Waals surface area contributed by atoms with Crippen LogP contribution in [-0.4, -0.2) is 71.1 Å². The first kappa shape index (κ1) is 24.3. The fourth-order valence-corrected chi connectivity index (χ4v) is 7.71. The molecule has 3 heterocycles. The smallest absolute Gasteiger partial charge is 0.255 e. The van der Waals surface area contributed by atoms with E-state index in [2.05, 4.69) is 12.2 Å². The molecule has 3 aliphatic carbocycles. The summed E-state index contributed by atoms with van der Waals surface area (Å²) in [4.78, 5) is 39.2. The highest BCUT2D eigenvalue weighted by molar-refractivity contribution is 6.08. The van der Waals surface area contributed by atoms with E-state index in [-0.39, 0.29) is 29.6 Å². The SMILES string of the molecule is CC1(C)N=C(C2CCC(C3CCCC4N=CC=CC43)CC2F)N(CC2CCN(C(=O)C3CC3)C2)C1=O. The highest BCUT2D eigenvalue weighted by Crippen LogP contribution is 2.46. The maximum absolute atomic E-state index is 15.9. The molecule has 7 heteroatoms. The maximum Gasteiger partial charge on any atom is 0.255 e. The van der Waals surface area contributed by atoms with Gasteiger partial charge in [0.25, 0.3) is 5.91 Å². The van der Waals surface area contributed by atoms with Crippen molar-refractivity contribution in [3.8, 4) is 0 Å². The molecular weight excluding hydrogens is 455 g/mol. The molecule has 7 atom stereocenters. The minimum atomic E-state index is -0.973. The fraction of sp³-hybridized carbons (Fsp3) is 0.793. The van der Waals surface area contributed by atoms with E-state index in [1.807, 2.05) is 29.9 Å². The lowest BCUT2D eigenvalue weighted by Crippen LogP contribution is -2.47. The fourth-order valence-electron chi connectivity index (χ4n) is 7.71. The molecule has 0 aromatic carbocycles. The summed E-state index contributed by atoms with van der Waals surface area (Å²) in [5.74, 6) is 2.42. The predicted molar refractivity (Wildman–Crippen MR) is 139 cm³/mol. The molecule has 0 bridgehead atoms. The molecular formula is C29H41FN4O2. The summed E-state index contributed by atoms with van der Waals surface area (Å²) in [5, 5.41) is 0. The van der Waals surface area contributed by atoms with Gasteiger partial charge in [0.1, 0.15) is 17.5 Å². The van der Waals surface area contributed by atoms with Gasteiger partial charge in [0.05, 0.1) is 6.04 Å². The van der Waals surface area contributed by atoms with Gasteiger partial charge in [0.2, 0.25) is 5.91 Å². The lowest BCUT2D eigenvalue weighted by Gasteiger charge is -2.44. The van der Waals surface area contributed by atoms with Crippen molar-refractivity contribution in [2.24, 2.45) is 45.5 Å². The van der Waals surface area contributed by atoms with E-state index in [9.17, 15) is 9.59 Å². The lowest BCUT2D eigenvalue weighted by atomic mass is 9.64. The Morgan fingerprint density at radius 1 is 1.14 bits per heavy atom. The summed E-state index contributed by atoms with van der Waals surface area (Å²) in [5.41, 5.74) is -0.838. The van der Waals surface area contributed by atoms with Crippen LogP contribution in [0.1, 0.15) is 71.6 Å². The molecule has 196 valence electrons. The van der Waals surface area contributed by atoms with Crippen molar-refractivity contribution in [3.05, 3.63) is 12.2 Å². The van der Waals surface area contributed by atoms with E-state index in [1.165, 1.54) is 12.8 Å². The number of amidine groups is 1. The molecule has 1 saturated heterocycles. The van der Waals surface area contributed by atoms with E-state index < -0.39 is 11.7 Å². The van der Waals surface area contributed by atoms with Gasteiger partial charge in [-0.3, -0.25) is 24.5 Å². The van der Waals surface area contributed by atoms with Crippen LogP contribution < -0.4 is 0 Å². The number of halogens is 1. The van der Waals surface area contributed by atoms with Crippen LogP contribution in [0, 0.1) is 35.5 Å². The number of allylic oxidation sites excluding steroid dienone is 1. The molecule has 6 rings (SSSR count). The molecule has 0 radical (unpaired) electrons. The number of nitrogens with zero attached hydrogens (tertiary/aromatic N) is 4. The molecule has 3 aliphatic heterocycles. The Kier molecular flexibility index (Phi) is 6.32. The van der Waals surface area contributed by atoms with E-state index >= 15 is 4.39 Å². The number of amides is 2. The number of carbonyl (C=O) groups is 2. The van der Waals surface area contributed by atoms with Gasteiger partial charge >= 0.3 is 0 Å². The zero-order valence-corrected chi connectivity index (χ0v) is 21.8. The van der Waals surface area contributed by atoms with Gasteiger partial charge in [-0.2, -0.15) is 0 Å². The summed E-state index contributed by atoms with van der Waals surface area (Å²) in [6.45, 7) is 5.74. The van der Waals surface area contributed by atoms with Crippen molar-refractivity contribution in [1.29, 1.82) is 0 Å². The number of rotatable bonds is 5. The third-order valence-corrected chi connectivity index (χ3v) is 9.83. The zero-order valence-electron chi connectivity index (χ0n) is 21.8. The normalized spacial score (nSPS) is 39.9. The van der Waals surface area contributed by atoms with E-state index in [0.717, 1.165) is 45.1 Å². The Morgan fingerprint density at radius 2 is 1.97 bits per heavy atom. The van der Waals surface area contributed by atoms with Crippen molar-refractivity contribution in [2.45, 2.75) is 89.4 Å². The Hall–Kier alpha value is -2.05. The maximum atomic E-state index is 15.9. The number of alkyl halides is 1. The Labute approximate surface area is 214 Å². The number of dihydropyridines is 1. The first-order valence-electron chi connectivity index (χ1n) is 14.4. The third kappa shape index (κ3) is 4.45. The van der Waals surface area contributed by atoms with Gasteiger partial charge in [-0.05, 0) is 89.0 Å². The van der Waals surface area contributed by atoms with Crippen LogP contribution in [0.5, 0.6) is 0 Å². The van der Waals surface area contributed by atoms with Gasteiger partial charge in [-0.15, -0.1) is 0 Å². The lowest BCUT2D eigenvalue weighted by molar-refractivity contribution is -0.131. The summed E-state index contributed by atoms with van der Waals surface area (Å²) in [7, 11) is 0. The number of hydrogen-bond donors (Lipinski definition) is 0. The van der Waals surface area contributed by atoms with Gasteiger partial charge in [-0.25, -0.2) is 4.39 Å². The number of aliphatic imine (C=N–C) groups is 2. The van der Waals surface area contributed by atoms with Crippen LogP contribution in [0.4, 0.5) is 4.39 Å². The van der Waals surface area contributed by atoms with Crippen molar-refractivity contribution < 1.29 is 14.0 Å². The first-order chi connectivity index (χ1) is 17.3. The van der Waals surface area contributed by atoms with E-state index in [1.54, 1.807) is 0 Å². The van der Waals surface area contributed by atoms with Crippen LogP contribution in [0.15, 0.2) is 22.1 Å². The van der Waals surface area contributed by atoms with Gasteiger partial charge in [0.15, 0.2) is 0 Å². The van der Waals surface area contributed by atoms with Gasteiger partial charge < -0.3 is 4.90 Å². The first-order valence-corrected chi connectivity index (χ1v) is 14.4. The summed E-state index contributed by atoms with van der Waals surface area (Å²) in [6.07, 6.45) is 14.1. The van der Waals surface area contributed by atoms with Crippen LogP contribution >= 0.6 is 0 Å². The van der Waals surface area contributed by atoms with Crippen molar-refractivity contribution in [1.82, 2.24) is 9.80 Å². The molecule has 36 heavy (non-hydrogen) atoms. The highest BCUT2D eigenvalue weighted by atomic mass is 19.1. The summed E-state index contributed by atoms with van der Waals surface area (Å²) in [6, 6.07) is 0.371. The molecule has 0 aromatic rings. The second-order valence-electron chi connectivity index (χ2n) is 12.8. The van der Waals surface area contributed by atoms with Crippen molar-refractivity contribution in [2.75, 3.05) is 19.6 Å². The van der Waals surface area contributed by atoms with Gasteiger partial charge in [-0.1, -0.05) is 12.5 Å². The molecule has 6 nitrogen and oxygen atoms in total. The largest absolute Gasteiger partial charge is 0.342 e. The predicted octanol–water partition coefficient (Wildman–Crippen LogP) is 4.44.